The molecule has 0 atom stereocenters. The molecular formula is C16H19N3O3. The van der Waals surface area contributed by atoms with Crippen molar-refractivity contribution in [3.05, 3.63) is 57.3 Å². The number of aromatic nitrogens is 2. The van der Waals surface area contributed by atoms with Crippen LogP contribution < -0.4 is 15.7 Å². The highest BCUT2D eigenvalue weighted by Gasteiger charge is 2.11. The Labute approximate surface area is 128 Å². The van der Waals surface area contributed by atoms with Crippen LogP contribution in [-0.2, 0) is 17.8 Å². The number of aromatic amines is 1. The standard InChI is InChI=1S/C16H19N3O3/c1-10-14(11(2)19-16(21)18-10)8-15(20)17-9-12-5-4-6-13(7-12)22-3/h4-7H,8-9H2,1-3H3,(H,17,20)(H,18,19,21). The van der Waals surface area contributed by atoms with E-state index in [1.165, 1.54) is 0 Å². The van der Waals surface area contributed by atoms with E-state index in [1.54, 1.807) is 21.0 Å². The number of ether oxygens (including phenoxy) is 1. The number of rotatable bonds is 5. The van der Waals surface area contributed by atoms with Crippen molar-refractivity contribution >= 4 is 5.91 Å². The van der Waals surface area contributed by atoms with Crippen LogP contribution in [0.15, 0.2) is 29.1 Å². The van der Waals surface area contributed by atoms with Gasteiger partial charge in [0.25, 0.3) is 0 Å². The Morgan fingerprint density at radius 1 is 1.36 bits per heavy atom. The van der Waals surface area contributed by atoms with E-state index in [9.17, 15) is 9.59 Å². The first-order valence-corrected chi connectivity index (χ1v) is 6.95. The average Bonchev–Trinajstić information content (AvgIpc) is 2.49. The van der Waals surface area contributed by atoms with Crippen molar-refractivity contribution < 1.29 is 9.53 Å². The third-order valence-corrected chi connectivity index (χ3v) is 3.41. The minimum absolute atomic E-state index is 0.122. The Hall–Kier alpha value is -2.63. The summed E-state index contributed by atoms with van der Waals surface area (Å²) in [5.74, 6) is 0.631. The largest absolute Gasteiger partial charge is 0.497 e. The fraction of sp³-hybridized carbons (Fsp3) is 0.312. The number of aryl methyl sites for hydroxylation is 2. The number of H-pyrrole nitrogens is 1. The summed E-state index contributed by atoms with van der Waals surface area (Å²) in [4.78, 5) is 29.7. The summed E-state index contributed by atoms with van der Waals surface area (Å²) < 4.78 is 5.15. The molecule has 1 heterocycles. The summed E-state index contributed by atoms with van der Waals surface area (Å²) in [6.45, 7) is 3.92. The number of hydrogen-bond donors (Lipinski definition) is 2. The Bertz CT molecular complexity index is 711. The van der Waals surface area contributed by atoms with Crippen LogP contribution in [0.1, 0.15) is 22.5 Å². The summed E-state index contributed by atoms with van der Waals surface area (Å²) in [6, 6.07) is 7.52. The molecule has 0 aliphatic carbocycles. The highest BCUT2D eigenvalue weighted by molar-refractivity contribution is 5.79. The van der Waals surface area contributed by atoms with Crippen LogP contribution in [0.3, 0.4) is 0 Å². The van der Waals surface area contributed by atoms with Crippen LogP contribution in [-0.4, -0.2) is 23.0 Å². The van der Waals surface area contributed by atoms with Gasteiger partial charge in [0, 0.05) is 23.5 Å². The number of carbonyl (C=O) groups is 1. The number of benzene rings is 1. The molecule has 0 radical (unpaired) electrons. The van der Waals surface area contributed by atoms with E-state index in [4.69, 9.17) is 4.74 Å². The average molecular weight is 301 g/mol. The van der Waals surface area contributed by atoms with E-state index >= 15 is 0 Å². The molecule has 0 unspecified atom stereocenters. The molecule has 0 aliphatic rings. The SMILES string of the molecule is COc1cccc(CNC(=O)Cc2c(C)nc(=O)[nH]c2C)c1. The van der Waals surface area contributed by atoms with E-state index < -0.39 is 5.69 Å². The number of nitrogens with zero attached hydrogens (tertiary/aromatic N) is 1. The second-order valence-electron chi connectivity index (χ2n) is 5.04. The van der Waals surface area contributed by atoms with Crippen LogP contribution in [0.5, 0.6) is 5.75 Å². The highest BCUT2D eigenvalue weighted by atomic mass is 16.5. The van der Waals surface area contributed by atoms with Crippen molar-refractivity contribution in [2.45, 2.75) is 26.8 Å². The maximum atomic E-state index is 12.1. The summed E-state index contributed by atoms with van der Waals surface area (Å²) >= 11 is 0. The molecule has 0 spiro atoms. The van der Waals surface area contributed by atoms with Crippen LogP contribution >= 0.6 is 0 Å². The molecule has 1 amide bonds. The van der Waals surface area contributed by atoms with Gasteiger partial charge in [0.1, 0.15) is 5.75 Å². The van der Waals surface area contributed by atoms with E-state index in [0.717, 1.165) is 16.9 Å². The third kappa shape index (κ3) is 3.94. The Balaban J connectivity index is 2.00. The van der Waals surface area contributed by atoms with Crippen LogP contribution in [0.4, 0.5) is 0 Å². The smallest absolute Gasteiger partial charge is 0.345 e. The Morgan fingerprint density at radius 3 is 2.82 bits per heavy atom. The van der Waals surface area contributed by atoms with Crippen molar-refractivity contribution in [2.75, 3.05) is 7.11 Å². The fourth-order valence-electron chi connectivity index (χ4n) is 2.22. The highest BCUT2D eigenvalue weighted by Crippen LogP contribution is 2.12. The van der Waals surface area contributed by atoms with Gasteiger partial charge in [0.15, 0.2) is 0 Å². The molecule has 0 saturated carbocycles. The van der Waals surface area contributed by atoms with Crippen LogP contribution in [0.25, 0.3) is 0 Å². The molecule has 0 aliphatic heterocycles. The van der Waals surface area contributed by atoms with E-state index in [-0.39, 0.29) is 12.3 Å². The number of hydrogen-bond acceptors (Lipinski definition) is 4. The summed E-state index contributed by atoms with van der Waals surface area (Å²) in [6.07, 6.45) is 0.186. The summed E-state index contributed by atoms with van der Waals surface area (Å²) in [5.41, 5.74) is 2.57. The second kappa shape index (κ2) is 6.89. The minimum atomic E-state index is -0.393. The van der Waals surface area contributed by atoms with Gasteiger partial charge in [-0.2, -0.15) is 4.98 Å². The van der Waals surface area contributed by atoms with Crippen LogP contribution in [0.2, 0.25) is 0 Å². The molecule has 2 rings (SSSR count). The Morgan fingerprint density at radius 2 is 2.14 bits per heavy atom. The first kappa shape index (κ1) is 15.8. The first-order chi connectivity index (χ1) is 10.5. The lowest BCUT2D eigenvalue weighted by atomic mass is 10.1. The lowest BCUT2D eigenvalue weighted by Crippen LogP contribution is -2.26. The maximum Gasteiger partial charge on any atom is 0.345 e. The zero-order valence-electron chi connectivity index (χ0n) is 12.9. The van der Waals surface area contributed by atoms with Crippen LogP contribution in [0, 0.1) is 13.8 Å². The van der Waals surface area contributed by atoms with E-state index in [2.05, 4.69) is 15.3 Å². The van der Waals surface area contributed by atoms with Gasteiger partial charge in [0.05, 0.1) is 13.5 Å². The second-order valence-corrected chi connectivity index (χ2v) is 5.04. The quantitative estimate of drug-likeness (QED) is 0.870. The molecule has 6 heteroatoms. The van der Waals surface area contributed by atoms with Gasteiger partial charge in [-0.15, -0.1) is 0 Å². The van der Waals surface area contributed by atoms with Gasteiger partial charge in [-0.05, 0) is 31.5 Å². The molecule has 22 heavy (non-hydrogen) atoms. The van der Waals surface area contributed by atoms with E-state index in [1.807, 2.05) is 24.3 Å². The monoisotopic (exact) mass is 301 g/mol. The summed E-state index contributed by atoms with van der Waals surface area (Å²) in [7, 11) is 1.60. The van der Waals surface area contributed by atoms with Gasteiger partial charge >= 0.3 is 5.69 Å². The van der Waals surface area contributed by atoms with Gasteiger partial charge in [-0.3, -0.25) is 4.79 Å². The van der Waals surface area contributed by atoms with Crippen molar-refractivity contribution in [1.82, 2.24) is 15.3 Å². The maximum absolute atomic E-state index is 12.1. The normalized spacial score (nSPS) is 10.3. The molecule has 1 aromatic carbocycles. The minimum Gasteiger partial charge on any atom is -0.497 e. The predicted molar refractivity (Wildman–Crippen MR) is 82.9 cm³/mol. The topological polar surface area (TPSA) is 84.1 Å². The van der Waals surface area contributed by atoms with Crippen molar-refractivity contribution in [2.24, 2.45) is 0 Å². The van der Waals surface area contributed by atoms with Gasteiger partial charge in [-0.1, -0.05) is 12.1 Å². The lowest BCUT2D eigenvalue weighted by Gasteiger charge is -2.10. The van der Waals surface area contributed by atoms with Crippen molar-refractivity contribution in [3.8, 4) is 5.75 Å². The zero-order valence-corrected chi connectivity index (χ0v) is 12.9. The third-order valence-electron chi connectivity index (χ3n) is 3.41. The first-order valence-electron chi connectivity index (χ1n) is 6.95. The van der Waals surface area contributed by atoms with Crippen molar-refractivity contribution in [1.29, 1.82) is 0 Å². The van der Waals surface area contributed by atoms with E-state index in [0.29, 0.717) is 17.9 Å². The number of nitrogens with one attached hydrogen (secondary N) is 2. The van der Waals surface area contributed by atoms with Gasteiger partial charge < -0.3 is 15.0 Å². The molecular weight excluding hydrogens is 282 g/mol. The van der Waals surface area contributed by atoms with Gasteiger partial charge in [0.2, 0.25) is 5.91 Å². The predicted octanol–water partition coefficient (Wildman–Crippen LogP) is 1.25. The molecule has 6 nitrogen and oxygen atoms in total. The molecule has 0 fully saturated rings. The number of amides is 1. The lowest BCUT2D eigenvalue weighted by molar-refractivity contribution is -0.120. The Kier molecular flexibility index (Phi) is 4.93. The number of methoxy groups -OCH3 is 1. The summed E-state index contributed by atoms with van der Waals surface area (Å²) in [5, 5.41) is 2.85. The zero-order chi connectivity index (χ0) is 16.1. The molecule has 116 valence electrons. The molecule has 0 saturated heterocycles. The molecule has 2 N–H and O–H groups in total. The molecule has 2 aromatic rings. The van der Waals surface area contributed by atoms with Gasteiger partial charge in [-0.25, -0.2) is 4.79 Å². The molecule has 0 bridgehead atoms. The number of carbonyl (C=O) groups excluding carboxylic acids is 1. The van der Waals surface area contributed by atoms with Crippen molar-refractivity contribution in [3.63, 3.8) is 0 Å². The fourth-order valence-corrected chi connectivity index (χ4v) is 2.22. The molecule has 1 aromatic heterocycles.